The first-order valence-electron chi connectivity index (χ1n) is 7.38. The van der Waals surface area contributed by atoms with Crippen molar-refractivity contribution in [2.75, 3.05) is 20.2 Å². The van der Waals surface area contributed by atoms with Crippen LogP contribution in [0.3, 0.4) is 0 Å². The number of pyridine rings is 1. The smallest absolute Gasteiger partial charge is 0.191 e. The van der Waals surface area contributed by atoms with E-state index >= 15 is 0 Å². The van der Waals surface area contributed by atoms with Gasteiger partial charge in [-0.25, -0.2) is 0 Å². The van der Waals surface area contributed by atoms with Crippen LogP contribution in [0.4, 0.5) is 0 Å². The summed E-state index contributed by atoms with van der Waals surface area (Å²) in [6.45, 7) is 1.32. The molecule has 2 rings (SSSR count). The molecule has 0 radical (unpaired) electrons. The van der Waals surface area contributed by atoms with Crippen LogP contribution in [0.1, 0.15) is 32.1 Å². The number of hydrogen-bond acceptors (Lipinski definition) is 3. The zero-order valence-electron chi connectivity index (χ0n) is 12.1. The molecule has 0 spiro atoms. The molecule has 1 aromatic heterocycles. The van der Waals surface area contributed by atoms with Gasteiger partial charge < -0.3 is 15.4 Å². The Kier molecular flexibility index (Phi) is 6.14. The molecule has 5 heteroatoms. The maximum absolute atomic E-state index is 5.58. The van der Waals surface area contributed by atoms with E-state index in [0.29, 0.717) is 12.6 Å². The summed E-state index contributed by atoms with van der Waals surface area (Å²) in [5, 5.41) is 6.76. The zero-order valence-corrected chi connectivity index (χ0v) is 12.1. The van der Waals surface area contributed by atoms with Crippen molar-refractivity contribution in [2.45, 2.75) is 38.1 Å². The van der Waals surface area contributed by atoms with Crippen LogP contribution in [0.2, 0.25) is 0 Å². The third kappa shape index (κ3) is 5.07. The van der Waals surface area contributed by atoms with Crippen molar-refractivity contribution in [3.63, 3.8) is 0 Å². The first-order chi connectivity index (χ1) is 9.88. The highest BCUT2D eigenvalue weighted by atomic mass is 16.5. The van der Waals surface area contributed by atoms with Crippen molar-refractivity contribution in [3.8, 4) is 5.75 Å². The predicted molar refractivity (Wildman–Crippen MR) is 81.1 cm³/mol. The molecule has 5 nitrogen and oxygen atoms in total. The quantitative estimate of drug-likeness (QED) is 0.490. The number of ether oxygens (including phenoxy) is 1. The molecule has 20 heavy (non-hydrogen) atoms. The van der Waals surface area contributed by atoms with Gasteiger partial charge in [-0.15, -0.1) is 0 Å². The minimum absolute atomic E-state index is 0.564. The third-order valence-electron chi connectivity index (χ3n) is 3.47. The molecule has 1 aliphatic rings. The van der Waals surface area contributed by atoms with Crippen LogP contribution in [0.5, 0.6) is 5.75 Å². The van der Waals surface area contributed by atoms with Gasteiger partial charge in [-0.3, -0.25) is 9.98 Å². The van der Waals surface area contributed by atoms with E-state index in [-0.39, 0.29) is 0 Å². The van der Waals surface area contributed by atoms with Crippen molar-refractivity contribution in [2.24, 2.45) is 4.99 Å². The Morgan fingerprint density at radius 1 is 1.40 bits per heavy atom. The van der Waals surface area contributed by atoms with E-state index in [1.165, 1.54) is 32.1 Å². The number of hydrogen-bond donors (Lipinski definition) is 2. The van der Waals surface area contributed by atoms with Crippen molar-refractivity contribution in [1.82, 2.24) is 15.6 Å². The fourth-order valence-corrected chi connectivity index (χ4v) is 2.41. The highest BCUT2D eigenvalue weighted by Crippen LogP contribution is 2.17. The largest absolute Gasteiger partial charge is 0.490 e. The summed E-state index contributed by atoms with van der Waals surface area (Å²) >= 11 is 0. The Morgan fingerprint density at radius 3 is 2.95 bits per heavy atom. The second kappa shape index (κ2) is 8.40. The average Bonchev–Trinajstić information content (AvgIpc) is 2.52. The summed E-state index contributed by atoms with van der Waals surface area (Å²) in [5.74, 6) is 1.66. The summed E-state index contributed by atoms with van der Waals surface area (Å²) in [4.78, 5) is 8.26. The van der Waals surface area contributed by atoms with Gasteiger partial charge in [0.25, 0.3) is 0 Å². The maximum Gasteiger partial charge on any atom is 0.191 e. The minimum atomic E-state index is 0.564. The van der Waals surface area contributed by atoms with Crippen LogP contribution in [0.15, 0.2) is 29.5 Å². The van der Waals surface area contributed by atoms with Gasteiger partial charge in [0.2, 0.25) is 0 Å². The molecule has 110 valence electrons. The van der Waals surface area contributed by atoms with E-state index in [1.54, 1.807) is 19.4 Å². The summed E-state index contributed by atoms with van der Waals surface area (Å²) in [5.41, 5.74) is 0. The molecule has 1 aromatic rings. The summed E-state index contributed by atoms with van der Waals surface area (Å²) in [6.07, 6.45) is 9.94. The van der Waals surface area contributed by atoms with E-state index in [0.717, 1.165) is 18.3 Å². The first-order valence-corrected chi connectivity index (χ1v) is 7.38. The lowest BCUT2D eigenvalue weighted by Crippen LogP contribution is -2.45. The van der Waals surface area contributed by atoms with Crippen molar-refractivity contribution >= 4 is 5.96 Å². The van der Waals surface area contributed by atoms with Gasteiger partial charge in [-0.2, -0.15) is 0 Å². The molecule has 1 aliphatic carbocycles. The number of nitrogens with zero attached hydrogens (tertiary/aromatic N) is 2. The predicted octanol–water partition coefficient (Wildman–Crippen LogP) is 1.96. The molecule has 0 unspecified atom stereocenters. The van der Waals surface area contributed by atoms with Crippen molar-refractivity contribution < 1.29 is 4.74 Å². The van der Waals surface area contributed by atoms with E-state index in [9.17, 15) is 0 Å². The van der Waals surface area contributed by atoms with Gasteiger partial charge in [-0.05, 0) is 25.0 Å². The molecular formula is C15H24N4O. The van der Waals surface area contributed by atoms with E-state index in [4.69, 9.17) is 4.74 Å². The Balaban J connectivity index is 1.63. The lowest BCUT2D eigenvalue weighted by molar-refractivity contribution is 0.320. The number of rotatable bonds is 5. The monoisotopic (exact) mass is 276 g/mol. The standard InChI is InChI=1S/C15H24N4O/c1-16-15(19-13-6-3-2-4-7-13)18-10-11-20-14-8-5-9-17-12-14/h5,8-9,12-13H,2-4,6-7,10-11H2,1H3,(H2,16,18,19). The van der Waals surface area contributed by atoms with E-state index < -0.39 is 0 Å². The summed E-state index contributed by atoms with van der Waals surface area (Å²) in [7, 11) is 1.81. The van der Waals surface area contributed by atoms with Gasteiger partial charge in [0.15, 0.2) is 5.96 Å². The molecule has 1 heterocycles. The van der Waals surface area contributed by atoms with Gasteiger partial charge >= 0.3 is 0 Å². The van der Waals surface area contributed by atoms with Crippen LogP contribution < -0.4 is 15.4 Å². The number of nitrogens with one attached hydrogen (secondary N) is 2. The van der Waals surface area contributed by atoms with Crippen LogP contribution in [-0.2, 0) is 0 Å². The number of aromatic nitrogens is 1. The molecule has 0 aromatic carbocycles. The topological polar surface area (TPSA) is 58.5 Å². The fourth-order valence-electron chi connectivity index (χ4n) is 2.41. The Labute approximate surface area is 120 Å². The zero-order chi connectivity index (χ0) is 14.0. The lowest BCUT2D eigenvalue weighted by atomic mass is 9.96. The molecule has 2 N–H and O–H groups in total. The average molecular weight is 276 g/mol. The SMILES string of the molecule is CN=C(NCCOc1cccnc1)NC1CCCCC1. The third-order valence-corrected chi connectivity index (χ3v) is 3.47. The highest BCUT2D eigenvalue weighted by molar-refractivity contribution is 5.79. The molecule has 0 bridgehead atoms. The molecule has 0 amide bonds. The fraction of sp³-hybridized carbons (Fsp3) is 0.600. The molecular weight excluding hydrogens is 252 g/mol. The van der Waals surface area contributed by atoms with E-state index in [2.05, 4.69) is 20.6 Å². The molecule has 1 fully saturated rings. The molecule has 1 saturated carbocycles. The second-order valence-corrected chi connectivity index (χ2v) is 5.02. The van der Waals surface area contributed by atoms with Gasteiger partial charge in [0.1, 0.15) is 12.4 Å². The van der Waals surface area contributed by atoms with Crippen molar-refractivity contribution in [3.05, 3.63) is 24.5 Å². The number of aliphatic imine (C=N–C) groups is 1. The van der Waals surface area contributed by atoms with Crippen LogP contribution in [-0.4, -0.2) is 37.2 Å². The van der Waals surface area contributed by atoms with Gasteiger partial charge in [-0.1, -0.05) is 19.3 Å². The minimum Gasteiger partial charge on any atom is -0.490 e. The van der Waals surface area contributed by atoms with Crippen LogP contribution in [0, 0.1) is 0 Å². The van der Waals surface area contributed by atoms with Gasteiger partial charge in [0.05, 0.1) is 12.7 Å². The van der Waals surface area contributed by atoms with Gasteiger partial charge in [0, 0.05) is 19.3 Å². The highest BCUT2D eigenvalue weighted by Gasteiger charge is 2.14. The Bertz CT molecular complexity index is 402. The first kappa shape index (κ1) is 14.6. The molecule has 0 saturated heterocycles. The molecule has 0 aliphatic heterocycles. The van der Waals surface area contributed by atoms with Crippen molar-refractivity contribution in [1.29, 1.82) is 0 Å². The Morgan fingerprint density at radius 2 is 2.25 bits per heavy atom. The van der Waals surface area contributed by atoms with Crippen LogP contribution >= 0.6 is 0 Å². The van der Waals surface area contributed by atoms with Crippen LogP contribution in [0.25, 0.3) is 0 Å². The second-order valence-electron chi connectivity index (χ2n) is 5.02. The normalized spacial score (nSPS) is 16.8. The Hall–Kier alpha value is -1.78. The lowest BCUT2D eigenvalue weighted by Gasteiger charge is -2.24. The summed E-state index contributed by atoms with van der Waals surface area (Å²) in [6, 6.07) is 4.34. The maximum atomic E-state index is 5.58. The molecule has 0 atom stereocenters. The van der Waals surface area contributed by atoms with E-state index in [1.807, 2.05) is 12.1 Å². The number of guanidine groups is 1. The summed E-state index contributed by atoms with van der Waals surface area (Å²) < 4.78 is 5.58.